The molecule has 2 aromatic carbocycles. The van der Waals surface area contributed by atoms with Gasteiger partial charge in [0.1, 0.15) is 11.6 Å². The SMILES string of the molecule is COc1ccc(C(N)c2cc(F)cc(Br)c2)c(Br)c1. The molecule has 19 heavy (non-hydrogen) atoms. The summed E-state index contributed by atoms with van der Waals surface area (Å²) in [5.41, 5.74) is 7.77. The van der Waals surface area contributed by atoms with Crippen LogP contribution in [0.15, 0.2) is 45.3 Å². The van der Waals surface area contributed by atoms with Crippen molar-refractivity contribution in [1.82, 2.24) is 0 Å². The second-order valence-electron chi connectivity index (χ2n) is 4.07. The van der Waals surface area contributed by atoms with Gasteiger partial charge >= 0.3 is 0 Å². The van der Waals surface area contributed by atoms with Crippen LogP contribution in [0.4, 0.5) is 4.39 Å². The predicted molar refractivity (Wildman–Crippen MR) is 80.8 cm³/mol. The van der Waals surface area contributed by atoms with Crippen LogP contribution >= 0.6 is 31.9 Å². The molecule has 1 unspecified atom stereocenters. The third kappa shape index (κ3) is 3.35. The summed E-state index contributed by atoms with van der Waals surface area (Å²) in [7, 11) is 1.60. The van der Waals surface area contributed by atoms with Gasteiger partial charge in [-0.05, 0) is 41.5 Å². The highest BCUT2D eigenvalue weighted by atomic mass is 79.9. The van der Waals surface area contributed by atoms with Crippen LogP contribution in [0.1, 0.15) is 17.2 Å². The first-order valence-electron chi connectivity index (χ1n) is 5.56. The minimum Gasteiger partial charge on any atom is -0.497 e. The van der Waals surface area contributed by atoms with Crippen molar-refractivity contribution in [2.24, 2.45) is 5.73 Å². The average Bonchev–Trinajstić information content (AvgIpc) is 2.36. The molecule has 1 atom stereocenters. The predicted octanol–water partition coefficient (Wildman–Crippen LogP) is 4.41. The summed E-state index contributed by atoms with van der Waals surface area (Å²) >= 11 is 6.73. The van der Waals surface area contributed by atoms with Crippen LogP contribution in [0, 0.1) is 5.82 Å². The maximum atomic E-state index is 13.4. The Balaban J connectivity index is 2.40. The largest absolute Gasteiger partial charge is 0.497 e. The van der Waals surface area contributed by atoms with Crippen LogP contribution in [0.2, 0.25) is 0 Å². The van der Waals surface area contributed by atoms with Crippen molar-refractivity contribution in [1.29, 1.82) is 0 Å². The normalized spacial score (nSPS) is 12.3. The molecule has 2 nitrogen and oxygen atoms in total. The van der Waals surface area contributed by atoms with Crippen molar-refractivity contribution in [2.45, 2.75) is 6.04 Å². The molecule has 0 aliphatic heterocycles. The number of hydrogen-bond donors (Lipinski definition) is 1. The van der Waals surface area contributed by atoms with E-state index in [0.29, 0.717) is 10.0 Å². The van der Waals surface area contributed by atoms with Gasteiger partial charge < -0.3 is 10.5 Å². The minimum absolute atomic E-state index is 0.315. The number of ether oxygens (including phenoxy) is 1. The van der Waals surface area contributed by atoms with Gasteiger partial charge in [-0.25, -0.2) is 4.39 Å². The topological polar surface area (TPSA) is 35.2 Å². The maximum Gasteiger partial charge on any atom is 0.124 e. The first kappa shape index (κ1) is 14.5. The van der Waals surface area contributed by atoms with E-state index in [2.05, 4.69) is 31.9 Å². The Morgan fingerprint density at radius 1 is 1.16 bits per heavy atom. The number of nitrogens with two attached hydrogens (primary N) is 1. The van der Waals surface area contributed by atoms with Gasteiger partial charge in [0, 0.05) is 8.95 Å². The van der Waals surface area contributed by atoms with Crippen LogP contribution < -0.4 is 10.5 Å². The van der Waals surface area contributed by atoms with Gasteiger partial charge in [0.25, 0.3) is 0 Å². The minimum atomic E-state index is -0.410. The van der Waals surface area contributed by atoms with E-state index in [0.717, 1.165) is 15.8 Å². The van der Waals surface area contributed by atoms with Gasteiger partial charge in [-0.3, -0.25) is 0 Å². The molecule has 2 aromatic rings. The van der Waals surface area contributed by atoms with Crippen molar-refractivity contribution < 1.29 is 9.13 Å². The van der Waals surface area contributed by atoms with Gasteiger partial charge in [0.2, 0.25) is 0 Å². The van der Waals surface area contributed by atoms with E-state index < -0.39 is 6.04 Å². The molecule has 0 aliphatic carbocycles. The van der Waals surface area contributed by atoms with E-state index >= 15 is 0 Å². The van der Waals surface area contributed by atoms with Crippen LogP contribution in [0.3, 0.4) is 0 Å². The van der Waals surface area contributed by atoms with Crippen LogP contribution in [-0.2, 0) is 0 Å². The smallest absolute Gasteiger partial charge is 0.124 e. The van der Waals surface area contributed by atoms with Crippen molar-refractivity contribution in [3.05, 3.63) is 62.3 Å². The molecule has 0 bridgehead atoms. The molecule has 5 heteroatoms. The third-order valence-electron chi connectivity index (χ3n) is 2.79. The zero-order chi connectivity index (χ0) is 14.0. The Hall–Kier alpha value is -0.910. The molecule has 100 valence electrons. The molecule has 0 fully saturated rings. The highest BCUT2D eigenvalue weighted by molar-refractivity contribution is 9.10. The molecule has 0 radical (unpaired) electrons. The summed E-state index contributed by atoms with van der Waals surface area (Å²) in [5, 5.41) is 0. The Morgan fingerprint density at radius 3 is 2.47 bits per heavy atom. The number of rotatable bonds is 3. The lowest BCUT2D eigenvalue weighted by Crippen LogP contribution is -2.13. The molecule has 0 spiro atoms. The second kappa shape index (κ2) is 6.03. The van der Waals surface area contributed by atoms with E-state index in [1.54, 1.807) is 7.11 Å². The third-order valence-corrected chi connectivity index (χ3v) is 3.93. The number of methoxy groups -OCH3 is 1. The fourth-order valence-electron chi connectivity index (χ4n) is 1.82. The molecule has 0 aliphatic rings. The highest BCUT2D eigenvalue weighted by Crippen LogP contribution is 2.31. The highest BCUT2D eigenvalue weighted by Gasteiger charge is 2.14. The lowest BCUT2D eigenvalue weighted by molar-refractivity contribution is 0.414. The Morgan fingerprint density at radius 2 is 1.89 bits per heavy atom. The molecule has 0 aromatic heterocycles. The maximum absolute atomic E-state index is 13.4. The van der Waals surface area contributed by atoms with E-state index in [4.69, 9.17) is 10.5 Å². The molecular weight excluding hydrogens is 377 g/mol. The molecule has 0 heterocycles. The van der Waals surface area contributed by atoms with Crippen molar-refractivity contribution in [2.75, 3.05) is 7.11 Å². The molecule has 0 amide bonds. The Bertz CT molecular complexity index is 584. The molecule has 2 rings (SSSR count). The second-order valence-corrected chi connectivity index (χ2v) is 5.84. The van der Waals surface area contributed by atoms with Gasteiger partial charge in [-0.15, -0.1) is 0 Å². The number of halogens is 3. The van der Waals surface area contributed by atoms with Crippen molar-refractivity contribution >= 4 is 31.9 Å². The van der Waals surface area contributed by atoms with Crippen LogP contribution in [-0.4, -0.2) is 7.11 Å². The monoisotopic (exact) mass is 387 g/mol. The lowest BCUT2D eigenvalue weighted by atomic mass is 9.99. The molecule has 0 saturated carbocycles. The summed E-state index contributed by atoms with van der Waals surface area (Å²) in [4.78, 5) is 0. The van der Waals surface area contributed by atoms with Crippen LogP contribution in [0.5, 0.6) is 5.75 Å². The van der Waals surface area contributed by atoms with Crippen molar-refractivity contribution in [3.8, 4) is 5.75 Å². The van der Waals surface area contributed by atoms with Gasteiger partial charge in [0.05, 0.1) is 13.2 Å². The Labute approximate surface area is 128 Å². The molecule has 2 N–H and O–H groups in total. The fraction of sp³-hybridized carbons (Fsp3) is 0.143. The van der Waals surface area contributed by atoms with E-state index in [9.17, 15) is 4.39 Å². The summed E-state index contributed by atoms with van der Waals surface area (Å²) in [6.45, 7) is 0. The Kier molecular flexibility index (Phi) is 4.60. The van der Waals surface area contributed by atoms with Crippen molar-refractivity contribution in [3.63, 3.8) is 0 Å². The van der Waals surface area contributed by atoms with E-state index in [-0.39, 0.29) is 5.82 Å². The van der Waals surface area contributed by atoms with Crippen LogP contribution in [0.25, 0.3) is 0 Å². The zero-order valence-electron chi connectivity index (χ0n) is 10.2. The van der Waals surface area contributed by atoms with Gasteiger partial charge in [0.15, 0.2) is 0 Å². The van der Waals surface area contributed by atoms with Gasteiger partial charge in [-0.2, -0.15) is 0 Å². The zero-order valence-corrected chi connectivity index (χ0v) is 13.3. The summed E-state index contributed by atoms with van der Waals surface area (Å²) in [5.74, 6) is 0.424. The summed E-state index contributed by atoms with van der Waals surface area (Å²) < 4.78 is 20.0. The quantitative estimate of drug-likeness (QED) is 0.845. The first-order chi connectivity index (χ1) is 9.01. The van der Waals surface area contributed by atoms with E-state index in [1.807, 2.05) is 24.3 Å². The average molecular weight is 389 g/mol. The standard InChI is InChI=1S/C14H12Br2FNO/c1-19-11-2-3-12(13(16)7-11)14(18)8-4-9(15)6-10(17)5-8/h2-7,14H,18H2,1H3. The lowest BCUT2D eigenvalue weighted by Gasteiger charge is -2.15. The van der Waals surface area contributed by atoms with Gasteiger partial charge in [-0.1, -0.05) is 37.9 Å². The molecular formula is C14H12Br2FNO. The summed E-state index contributed by atoms with van der Waals surface area (Å²) in [6.07, 6.45) is 0. The first-order valence-corrected chi connectivity index (χ1v) is 7.15. The summed E-state index contributed by atoms with van der Waals surface area (Å²) in [6, 6.07) is 9.77. The number of benzene rings is 2. The number of hydrogen-bond acceptors (Lipinski definition) is 2. The fourth-order valence-corrected chi connectivity index (χ4v) is 2.91. The molecule has 0 saturated heterocycles. The van der Waals surface area contributed by atoms with E-state index in [1.165, 1.54) is 12.1 Å².